The molecule has 0 unspecified atom stereocenters. The predicted molar refractivity (Wildman–Crippen MR) is 66.4 cm³/mol. The molecule has 1 aromatic carbocycles. The zero-order chi connectivity index (χ0) is 13.8. The first-order chi connectivity index (χ1) is 8.40. The standard InChI is InChI=1S/C11H15NO5S/c1-8(14)12-10-7-9(3-4-11(10)17-2)18(15,16)6-5-13/h3-4,7,13H,5-6H2,1-2H3,(H,12,14). The van der Waals surface area contributed by atoms with Crippen LogP contribution in [0.5, 0.6) is 5.75 Å². The van der Waals surface area contributed by atoms with Crippen LogP contribution in [0.1, 0.15) is 6.92 Å². The van der Waals surface area contributed by atoms with Gasteiger partial charge in [-0.05, 0) is 18.2 Å². The fourth-order valence-electron chi connectivity index (χ4n) is 1.41. The highest BCUT2D eigenvalue weighted by Gasteiger charge is 2.16. The van der Waals surface area contributed by atoms with Crippen LogP contribution in [0.4, 0.5) is 5.69 Å². The number of benzene rings is 1. The van der Waals surface area contributed by atoms with Crippen molar-refractivity contribution >= 4 is 21.4 Å². The van der Waals surface area contributed by atoms with Crippen LogP contribution in [0.3, 0.4) is 0 Å². The molecule has 0 aliphatic heterocycles. The smallest absolute Gasteiger partial charge is 0.221 e. The maximum atomic E-state index is 11.8. The van der Waals surface area contributed by atoms with Crippen LogP contribution in [0.25, 0.3) is 0 Å². The van der Waals surface area contributed by atoms with E-state index in [1.165, 1.54) is 32.2 Å². The molecule has 0 spiro atoms. The topological polar surface area (TPSA) is 92.7 Å². The third-order valence-electron chi connectivity index (χ3n) is 2.20. The predicted octanol–water partition coefficient (Wildman–Crippen LogP) is 0.420. The molecule has 6 nitrogen and oxygen atoms in total. The van der Waals surface area contributed by atoms with Gasteiger partial charge in [-0.1, -0.05) is 0 Å². The van der Waals surface area contributed by atoms with Crippen molar-refractivity contribution in [1.82, 2.24) is 0 Å². The van der Waals surface area contributed by atoms with Crippen molar-refractivity contribution in [3.05, 3.63) is 18.2 Å². The van der Waals surface area contributed by atoms with Gasteiger partial charge in [-0.3, -0.25) is 4.79 Å². The number of sulfone groups is 1. The van der Waals surface area contributed by atoms with Gasteiger partial charge in [0.05, 0.1) is 30.1 Å². The van der Waals surface area contributed by atoms with E-state index in [0.29, 0.717) is 5.75 Å². The number of aliphatic hydroxyl groups is 1. The van der Waals surface area contributed by atoms with Crippen LogP contribution >= 0.6 is 0 Å². The van der Waals surface area contributed by atoms with Crippen LogP contribution in [-0.4, -0.2) is 38.9 Å². The average Bonchev–Trinajstić information content (AvgIpc) is 2.28. The van der Waals surface area contributed by atoms with E-state index < -0.39 is 16.4 Å². The Morgan fingerprint density at radius 2 is 2.11 bits per heavy atom. The highest BCUT2D eigenvalue weighted by molar-refractivity contribution is 7.91. The van der Waals surface area contributed by atoms with Gasteiger partial charge in [0, 0.05) is 6.92 Å². The van der Waals surface area contributed by atoms with Crippen LogP contribution < -0.4 is 10.1 Å². The number of hydrogen-bond donors (Lipinski definition) is 2. The molecule has 18 heavy (non-hydrogen) atoms. The molecule has 0 aromatic heterocycles. The summed E-state index contributed by atoms with van der Waals surface area (Å²) in [5.41, 5.74) is 0.281. The van der Waals surface area contributed by atoms with Crippen molar-refractivity contribution in [3.8, 4) is 5.75 Å². The van der Waals surface area contributed by atoms with E-state index in [4.69, 9.17) is 9.84 Å². The van der Waals surface area contributed by atoms with E-state index >= 15 is 0 Å². The van der Waals surface area contributed by atoms with E-state index in [9.17, 15) is 13.2 Å². The molecule has 0 aliphatic carbocycles. The lowest BCUT2D eigenvalue weighted by atomic mass is 10.3. The summed E-state index contributed by atoms with van der Waals surface area (Å²) in [5.74, 6) is -0.322. The Labute approximate surface area is 106 Å². The van der Waals surface area contributed by atoms with Crippen molar-refractivity contribution < 1.29 is 23.1 Å². The Bertz CT molecular complexity index is 538. The molecule has 2 N–H and O–H groups in total. The van der Waals surface area contributed by atoms with Gasteiger partial charge in [-0.25, -0.2) is 8.42 Å². The van der Waals surface area contributed by atoms with Crippen molar-refractivity contribution in [2.24, 2.45) is 0 Å². The Morgan fingerprint density at radius 3 is 2.61 bits per heavy atom. The Morgan fingerprint density at radius 1 is 1.44 bits per heavy atom. The van der Waals surface area contributed by atoms with E-state index in [1.54, 1.807) is 0 Å². The number of carbonyl (C=O) groups excluding carboxylic acids is 1. The fraction of sp³-hybridized carbons (Fsp3) is 0.364. The SMILES string of the molecule is COc1ccc(S(=O)(=O)CCO)cc1NC(C)=O. The number of methoxy groups -OCH3 is 1. The molecule has 0 aliphatic rings. The maximum absolute atomic E-state index is 11.8. The molecule has 0 saturated heterocycles. The maximum Gasteiger partial charge on any atom is 0.221 e. The summed E-state index contributed by atoms with van der Waals surface area (Å²) in [5, 5.41) is 11.2. The zero-order valence-corrected chi connectivity index (χ0v) is 11.0. The summed E-state index contributed by atoms with van der Waals surface area (Å²) in [4.78, 5) is 11.0. The van der Waals surface area contributed by atoms with Gasteiger partial charge in [-0.2, -0.15) is 0 Å². The van der Waals surface area contributed by atoms with E-state index in [-0.39, 0.29) is 22.2 Å². The lowest BCUT2D eigenvalue weighted by molar-refractivity contribution is -0.114. The summed E-state index contributed by atoms with van der Waals surface area (Å²) in [6.45, 7) is 0.859. The second-order valence-corrected chi connectivity index (χ2v) is 5.69. The number of carbonyl (C=O) groups is 1. The summed E-state index contributed by atoms with van der Waals surface area (Å²) in [6, 6.07) is 4.13. The van der Waals surface area contributed by atoms with Crippen molar-refractivity contribution in [2.45, 2.75) is 11.8 Å². The molecule has 7 heteroatoms. The third-order valence-corrected chi connectivity index (χ3v) is 3.89. The Hall–Kier alpha value is -1.60. The third kappa shape index (κ3) is 3.44. The first-order valence-electron chi connectivity index (χ1n) is 5.20. The number of anilines is 1. The summed E-state index contributed by atoms with van der Waals surface area (Å²) >= 11 is 0. The van der Waals surface area contributed by atoms with Crippen molar-refractivity contribution in [2.75, 3.05) is 24.8 Å². The molecule has 0 atom stereocenters. The Kier molecular flexibility index (Phi) is 4.69. The molecule has 100 valence electrons. The molecular formula is C11H15NO5S. The summed E-state index contributed by atoms with van der Waals surface area (Å²) < 4.78 is 28.5. The first-order valence-corrected chi connectivity index (χ1v) is 6.85. The summed E-state index contributed by atoms with van der Waals surface area (Å²) in [6.07, 6.45) is 0. The van der Waals surface area contributed by atoms with Crippen LogP contribution in [0, 0.1) is 0 Å². The zero-order valence-electron chi connectivity index (χ0n) is 10.1. The molecule has 0 radical (unpaired) electrons. The number of ether oxygens (including phenoxy) is 1. The van der Waals surface area contributed by atoms with E-state index in [1.807, 2.05) is 0 Å². The lowest BCUT2D eigenvalue weighted by Crippen LogP contribution is -2.12. The summed E-state index contributed by atoms with van der Waals surface area (Å²) in [7, 11) is -2.13. The quantitative estimate of drug-likeness (QED) is 0.811. The van der Waals surface area contributed by atoms with Crippen LogP contribution in [0.15, 0.2) is 23.1 Å². The number of rotatable bonds is 5. The molecule has 0 heterocycles. The normalized spacial score (nSPS) is 11.1. The van der Waals surface area contributed by atoms with E-state index in [2.05, 4.69) is 5.32 Å². The minimum atomic E-state index is -3.55. The highest BCUT2D eigenvalue weighted by Crippen LogP contribution is 2.27. The minimum Gasteiger partial charge on any atom is -0.495 e. The second-order valence-electron chi connectivity index (χ2n) is 3.59. The number of amides is 1. The molecule has 0 fully saturated rings. The molecule has 0 saturated carbocycles. The molecule has 0 bridgehead atoms. The largest absolute Gasteiger partial charge is 0.495 e. The van der Waals surface area contributed by atoms with Gasteiger partial charge < -0.3 is 15.2 Å². The van der Waals surface area contributed by atoms with Gasteiger partial charge >= 0.3 is 0 Å². The second kappa shape index (κ2) is 5.83. The van der Waals surface area contributed by atoms with Gasteiger partial charge in [-0.15, -0.1) is 0 Å². The molecule has 1 amide bonds. The lowest BCUT2D eigenvalue weighted by Gasteiger charge is -2.11. The van der Waals surface area contributed by atoms with Gasteiger partial charge in [0.25, 0.3) is 0 Å². The van der Waals surface area contributed by atoms with Crippen molar-refractivity contribution in [1.29, 1.82) is 0 Å². The molecular weight excluding hydrogens is 258 g/mol. The van der Waals surface area contributed by atoms with Crippen LogP contribution in [-0.2, 0) is 14.6 Å². The monoisotopic (exact) mass is 273 g/mol. The number of hydrogen-bond acceptors (Lipinski definition) is 5. The minimum absolute atomic E-state index is 0.0288. The van der Waals surface area contributed by atoms with Gasteiger partial charge in [0.2, 0.25) is 5.91 Å². The fourth-order valence-corrected chi connectivity index (χ4v) is 2.45. The Balaban J connectivity index is 3.22. The van der Waals surface area contributed by atoms with Crippen LogP contribution in [0.2, 0.25) is 0 Å². The average molecular weight is 273 g/mol. The number of nitrogens with one attached hydrogen (secondary N) is 1. The van der Waals surface area contributed by atoms with Gasteiger partial charge in [0.15, 0.2) is 9.84 Å². The van der Waals surface area contributed by atoms with Gasteiger partial charge in [0.1, 0.15) is 5.75 Å². The first kappa shape index (κ1) is 14.5. The number of aliphatic hydroxyl groups excluding tert-OH is 1. The highest BCUT2D eigenvalue weighted by atomic mass is 32.2. The van der Waals surface area contributed by atoms with Crippen molar-refractivity contribution in [3.63, 3.8) is 0 Å². The van der Waals surface area contributed by atoms with E-state index in [0.717, 1.165) is 0 Å². The molecule has 1 rings (SSSR count). The molecule has 1 aromatic rings.